The monoisotopic (exact) mass is 396 g/mol. The van der Waals surface area contributed by atoms with Gasteiger partial charge in [0, 0.05) is 0 Å². The molecule has 0 bridgehead atoms. The molecule has 3 aromatic rings. The Kier molecular flexibility index (Phi) is 8.08. The lowest BCUT2D eigenvalue weighted by Gasteiger charge is -2.32. The maximum atomic E-state index is 2.43. The van der Waals surface area contributed by atoms with E-state index in [1.165, 1.54) is 46.9 Å². The minimum atomic E-state index is 0.668. The summed E-state index contributed by atoms with van der Waals surface area (Å²) in [7, 11) is 0. The van der Waals surface area contributed by atoms with Crippen molar-refractivity contribution in [3.63, 3.8) is 0 Å². The highest BCUT2D eigenvalue weighted by atomic mass is 14.3. The van der Waals surface area contributed by atoms with Crippen LogP contribution < -0.4 is 0 Å². The second-order valence-electron chi connectivity index (χ2n) is 8.71. The maximum absolute atomic E-state index is 2.43. The maximum Gasteiger partial charge on any atom is -0.0470 e. The molecule has 0 saturated heterocycles. The third-order valence-corrected chi connectivity index (χ3v) is 6.30. The van der Waals surface area contributed by atoms with Crippen molar-refractivity contribution in [1.29, 1.82) is 0 Å². The molecule has 0 nitrogen and oxygen atoms in total. The smallest absolute Gasteiger partial charge is 0.0470 e. The highest BCUT2D eigenvalue weighted by Gasteiger charge is 2.14. The van der Waals surface area contributed by atoms with Crippen LogP contribution in [-0.4, -0.2) is 0 Å². The molecule has 0 radical (unpaired) electrons. The average molecular weight is 397 g/mol. The SMILES string of the molecule is CCC(C)C[C-](c1ccccc1)c1cccc([C-](CC(C)CC)c2ccccc2)c1. The normalized spacial score (nSPS) is 12.9. The standard InChI is InChI=1S/C30H36/c1-5-23(3)20-29(25-14-9-7-10-15-25)27-18-13-19-28(22-27)30(21-24(4)6-2)26-16-11-8-12-17-26/h7-19,22-24H,5-6,20-21H2,1-4H3/q-2. The molecule has 0 heteroatoms. The zero-order valence-electron chi connectivity index (χ0n) is 19.1. The fourth-order valence-electron chi connectivity index (χ4n) is 3.96. The van der Waals surface area contributed by atoms with Gasteiger partial charge in [0.25, 0.3) is 0 Å². The molecule has 3 rings (SSSR count). The first-order valence-electron chi connectivity index (χ1n) is 11.6. The van der Waals surface area contributed by atoms with Crippen LogP contribution in [0.5, 0.6) is 0 Å². The number of hydrogen-bond donors (Lipinski definition) is 0. The fraction of sp³-hybridized carbons (Fsp3) is 0.333. The Bertz CT molecular complexity index is 794. The van der Waals surface area contributed by atoms with Crippen LogP contribution in [0.3, 0.4) is 0 Å². The predicted octanol–water partition coefficient (Wildman–Crippen LogP) is 8.50. The summed E-state index contributed by atoms with van der Waals surface area (Å²) in [6, 6.07) is 31.1. The highest BCUT2D eigenvalue weighted by molar-refractivity contribution is 5.52. The summed E-state index contributed by atoms with van der Waals surface area (Å²) in [5.41, 5.74) is 5.41. The summed E-state index contributed by atoms with van der Waals surface area (Å²) in [6.45, 7) is 9.29. The predicted molar refractivity (Wildman–Crippen MR) is 130 cm³/mol. The Morgan fingerprint density at radius 2 is 0.900 bits per heavy atom. The molecule has 2 atom stereocenters. The number of hydrogen-bond acceptors (Lipinski definition) is 0. The van der Waals surface area contributed by atoms with Crippen LogP contribution in [-0.2, 0) is 0 Å². The Labute approximate surface area is 184 Å². The first kappa shape index (κ1) is 22.1. The molecule has 0 amide bonds. The van der Waals surface area contributed by atoms with E-state index in [1.807, 2.05) is 0 Å². The second kappa shape index (κ2) is 11.0. The van der Waals surface area contributed by atoms with E-state index < -0.39 is 0 Å². The summed E-state index contributed by atoms with van der Waals surface area (Å²) < 4.78 is 0. The average Bonchev–Trinajstić information content (AvgIpc) is 2.81. The van der Waals surface area contributed by atoms with E-state index in [0.29, 0.717) is 11.8 Å². The van der Waals surface area contributed by atoms with Crippen molar-refractivity contribution in [2.75, 3.05) is 0 Å². The van der Waals surface area contributed by atoms with Crippen molar-refractivity contribution in [3.05, 3.63) is 119 Å². The molecular formula is C30H36-2. The molecule has 0 aromatic heterocycles. The number of benzene rings is 3. The van der Waals surface area contributed by atoms with Crippen molar-refractivity contribution in [2.45, 2.75) is 53.4 Å². The summed E-state index contributed by atoms with van der Waals surface area (Å²) in [5.74, 6) is 4.26. The molecule has 0 aliphatic rings. The quantitative estimate of drug-likeness (QED) is 0.301. The number of rotatable bonds is 10. The molecule has 3 aromatic carbocycles. The van der Waals surface area contributed by atoms with Crippen LogP contribution in [0.25, 0.3) is 0 Å². The Hall–Kier alpha value is -2.60. The highest BCUT2D eigenvalue weighted by Crippen LogP contribution is 2.36. The molecular weight excluding hydrogens is 360 g/mol. The summed E-state index contributed by atoms with van der Waals surface area (Å²) in [6.07, 6.45) is 4.61. The van der Waals surface area contributed by atoms with Crippen LogP contribution in [0.2, 0.25) is 0 Å². The van der Waals surface area contributed by atoms with Crippen molar-refractivity contribution in [3.8, 4) is 0 Å². The van der Waals surface area contributed by atoms with Gasteiger partial charge in [0.2, 0.25) is 0 Å². The van der Waals surface area contributed by atoms with Gasteiger partial charge in [-0.05, 0) is 11.8 Å². The van der Waals surface area contributed by atoms with Crippen molar-refractivity contribution >= 4 is 0 Å². The lowest BCUT2D eigenvalue weighted by Crippen LogP contribution is -2.11. The topological polar surface area (TPSA) is 0 Å². The van der Waals surface area contributed by atoms with Gasteiger partial charge in [-0.2, -0.15) is 0 Å². The molecule has 0 fully saturated rings. The molecule has 30 heavy (non-hydrogen) atoms. The van der Waals surface area contributed by atoms with Gasteiger partial charge in [-0.3, -0.25) is 0 Å². The molecule has 158 valence electrons. The molecule has 0 saturated carbocycles. The molecule has 0 heterocycles. The molecule has 0 spiro atoms. The van der Waals surface area contributed by atoms with Crippen molar-refractivity contribution < 1.29 is 0 Å². The van der Waals surface area contributed by atoms with Gasteiger partial charge < -0.3 is 0 Å². The van der Waals surface area contributed by atoms with E-state index in [2.05, 4.69) is 113 Å². The van der Waals surface area contributed by atoms with Gasteiger partial charge in [0.05, 0.1) is 0 Å². The van der Waals surface area contributed by atoms with Crippen molar-refractivity contribution in [2.24, 2.45) is 11.8 Å². The van der Waals surface area contributed by atoms with Crippen LogP contribution in [0.15, 0.2) is 84.9 Å². The first-order valence-corrected chi connectivity index (χ1v) is 11.6. The fourth-order valence-corrected chi connectivity index (χ4v) is 3.96. The zero-order valence-corrected chi connectivity index (χ0v) is 19.1. The first-order chi connectivity index (χ1) is 14.6. The third kappa shape index (κ3) is 5.72. The third-order valence-electron chi connectivity index (χ3n) is 6.30. The van der Waals surface area contributed by atoms with Crippen LogP contribution >= 0.6 is 0 Å². The zero-order chi connectivity index (χ0) is 21.3. The van der Waals surface area contributed by atoms with E-state index in [0.717, 1.165) is 12.8 Å². The molecule has 0 aliphatic carbocycles. The van der Waals surface area contributed by atoms with Gasteiger partial charge in [0.1, 0.15) is 0 Å². The summed E-state index contributed by atoms with van der Waals surface area (Å²) in [5, 5.41) is 0. The largest absolute Gasteiger partial charge is 0.129 e. The van der Waals surface area contributed by atoms with Crippen LogP contribution in [0, 0.1) is 23.7 Å². The van der Waals surface area contributed by atoms with Gasteiger partial charge in [-0.15, -0.1) is 82.6 Å². The van der Waals surface area contributed by atoms with E-state index in [4.69, 9.17) is 0 Å². The van der Waals surface area contributed by atoms with Gasteiger partial charge in [-0.1, -0.05) is 89.8 Å². The summed E-state index contributed by atoms with van der Waals surface area (Å²) in [4.78, 5) is 0. The van der Waals surface area contributed by atoms with Crippen LogP contribution in [0.4, 0.5) is 0 Å². The van der Waals surface area contributed by atoms with E-state index in [9.17, 15) is 0 Å². The second-order valence-corrected chi connectivity index (χ2v) is 8.71. The Morgan fingerprint density at radius 1 is 0.533 bits per heavy atom. The Morgan fingerprint density at radius 3 is 1.27 bits per heavy atom. The molecule has 2 unspecified atom stereocenters. The van der Waals surface area contributed by atoms with E-state index in [-0.39, 0.29) is 0 Å². The van der Waals surface area contributed by atoms with Gasteiger partial charge in [-0.25, -0.2) is 0 Å². The van der Waals surface area contributed by atoms with E-state index in [1.54, 1.807) is 0 Å². The summed E-state index contributed by atoms with van der Waals surface area (Å²) >= 11 is 0. The lowest BCUT2D eigenvalue weighted by atomic mass is 9.79. The Balaban J connectivity index is 2.00. The lowest BCUT2D eigenvalue weighted by molar-refractivity contribution is 0.538. The van der Waals surface area contributed by atoms with Gasteiger partial charge >= 0.3 is 0 Å². The van der Waals surface area contributed by atoms with E-state index >= 15 is 0 Å². The van der Waals surface area contributed by atoms with Crippen LogP contribution in [0.1, 0.15) is 75.6 Å². The minimum absolute atomic E-state index is 0.668. The van der Waals surface area contributed by atoms with Gasteiger partial charge in [0.15, 0.2) is 0 Å². The molecule has 0 aliphatic heterocycles. The van der Waals surface area contributed by atoms with Crippen molar-refractivity contribution in [1.82, 2.24) is 0 Å². The molecule has 0 N–H and O–H groups in total. The minimum Gasteiger partial charge on any atom is -0.129 e.